The first kappa shape index (κ1) is 23.5. The third-order valence-corrected chi connectivity index (χ3v) is 7.53. The van der Waals surface area contributed by atoms with Gasteiger partial charge in [-0.05, 0) is 57.8 Å². The van der Waals surface area contributed by atoms with Gasteiger partial charge in [0.2, 0.25) is 0 Å². The van der Waals surface area contributed by atoms with Gasteiger partial charge in [0.25, 0.3) is 0 Å². The van der Waals surface area contributed by atoms with Crippen LogP contribution in [0.5, 0.6) is 0 Å². The summed E-state index contributed by atoms with van der Waals surface area (Å²) >= 11 is 0. The number of aryl methyl sites for hydroxylation is 2. The molecular formula is C25H45N7. The van der Waals surface area contributed by atoms with Crippen LogP contribution in [0.4, 0.5) is 0 Å². The standard InChI is InChI=1S/C25H45N7/c1-2-26-25(27-16-9-13-24-30-29-23-12-7-4-8-17-32(23)24)28-22-14-18-31(19-15-22)20-21-10-5-3-6-11-21/h21-22H,2-20H2,1H3,(H2,26,27,28). The van der Waals surface area contributed by atoms with Gasteiger partial charge in [0.15, 0.2) is 5.96 Å². The minimum absolute atomic E-state index is 0.544. The van der Waals surface area contributed by atoms with Gasteiger partial charge in [-0.25, -0.2) is 0 Å². The molecule has 0 unspecified atom stereocenters. The zero-order valence-corrected chi connectivity index (χ0v) is 20.3. The molecule has 1 saturated heterocycles. The fourth-order valence-corrected chi connectivity index (χ4v) is 5.67. The fourth-order valence-electron chi connectivity index (χ4n) is 5.67. The lowest BCUT2D eigenvalue weighted by Crippen LogP contribution is -2.49. The Morgan fingerprint density at radius 1 is 0.969 bits per heavy atom. The summed E-state index contributed by atoms with van der Waals surface area (Å²) in [5.41, 5.74) is 0. The van der Waals surface area contributed by atoms with Crippen LogP contribution in [0.15, 0.2) is 4.99 Å². The third-order valence-electron chi connectivity index (χ3n) is 7.53. The lowest BCUT2D eigenvalue weighted by molar-refractivity contribution is 0.160. The van der Waals surface area contributed by atoms with Gasteiger partial charge in [-0.2, -0.15) is 0 Å². The van der Waals surface area contributed by atoms with E-state index >= 15 is 0 Å². The van der Waals surface area contributed by atoms with Crippen molar-refractivity contribution in [3.05, 3.63) is 11.6 Å². The van der Waals surface area contributed by atoms with Crippen molar-refractivity contribution in [2.24, 2.45) is 10.9 Å². The quantitative estimate of drug-likeness (QED) is 0.365. The molecule has 1 aliphatic carbocycles. The molecule has 0 amide bonds. The number of aromatic nitrogens is 3. The van der Waals surface area contributed by atoms with E-state index in [1.54, 1.807) is 0 Å². The first-order chi connectivity index (χ1) is 15.8. The highest BCUT2D eigenvalue weighted by atomic mass is 15.3. The van der Waals surface area contributed by atoms with Crippen molar-refractivity contribution in [1.82, 2.24) is 30.3 Å². The van der Waals surface area contributed by atoms with Gasteiger partial charge in [-0.15, -0.1) is 10.2 Å². The molecule has 0 bridgehead atoms. The number of piperidine rings is 1. The molecule has 7 heteroatoms. The number of nitrogens with one attached hydrogen (secondary N) is 2. The monoisotopic (exact) mass is 443 g/mol. The van der Waals surface area contributed by atoms with Crippen LogP contribution >= 0.6 is 0 Å². The second kappa shape index (κ2) is 12.6. The molecule has 2 fully saturated rings. The Kier molecular flexibility index (Phi) is 9.24. The van der Waals surface area contributed by atoms with Crippen LogP contribution in [0, 0.1) is 5.92 Å². The first-order valence-corrected chi connectivity index (χ1v) is 13.5. The van der Waals surface area contributed by atoms with E-state index in [0.29, 0.717) is 6.04 Å². The maximum Gasteiger partial charge on any atom is 0.191 e. The van der Waals surface area contributed by atoms with Crippen molar-refractivity contribution >= 4 is 5.96 Å². The number of nitrogens with zero attached hydrogens (tertiary/aromatic N) is 5. The van der Waals surface area contributed by atoms with E-state index in [1.165, 1.54) is 89.7 Å². The van der Waals surface area contributed by atoms with Crippen LogP contribution in [0.2, 0.25) is 0 Å². The SMILES string of the molecule is CCNC(=NCCCc1nnc2n1CCCCC2)NC1CCN(CC2CCCCC2)CC1. The van der Waals surface area contributed by atoms with Crippen LogP contribution in [0.25, 0.3) is 0 Å². The Bertz CT molecular complexity index is 699. The molecule has 2 N–H and O–H groups in total. The molecule has 4 rings (SSSR count). The zero-order valence-electron chi connectivity index (χ0n) is 20.3. The van der Waals surface area contributed by atoms with Crippen molar-refractivity contribution in [2.75, 3.05) is 32.7 Å². The number of rotatable bonds is 8. The van der Waals surface area contributed by atoms with Crippen LogP contribution in [-0.4, -0.2) is 64.4 Å². The molecule has 1 aromatic heterocycles. The van der Waals surface area contributed by atoms with Gasteiger partial charge in [0.05, 0.1) is 0 Å². The van der Waals surface area contributed by atoms with Crippen LogP contribution in [-0.2, 0) is 19.4 Å². The zero-order chi connectivity index (χ0) is 22.0. The van der Waals surface area contributed by atoms with E-state index in [0.717, 1.165) is 56.6 Å². The summed E-state index contributed by atoms with van der Waals surface area (Å²) in [5.74, 6) is 4.27. The molecule has 3 heterocycles. The Hall–Kier alpha value is -1.63. The van der Waals surface area contributed by atoms with Gasteiger partial charge >= 0.3 is 0 Å². The Morgan fingerprint density at radius 3 is 2.59 bits per heavy atom. The number of hydrogen-bond acceptors (Lipinski definition) is 4. The summed E-state index contributed by atoms with van der Waals surface area (Å²) in [6.07, 6.45) is 16.6. The van der Waals surface area contributed by atoms with Crippen LogP contribution < -0.4 is 10.6 Å². The number of aliphatic imine (C=N–C) groups is 1. The molecular weight excluding hydrogens is 398 g/mol. The lowest BCUT2D eigenvalue weighted by atomic mass is 9.88. The maximum atomic E-state index is 4.87. The van der Waals surface area contributed by atoms with Crippen molar-refractivity contribution in [2.45, 2.75) is 103 Å². The first-order valence-electron chi connectivity index (χ1n) is 13.5. The van der Waals surface area contributed by atoms with Gasteiger partial charge in [0.1, 0.15) is 11.6 Å². The summed E-state index contributed by atoms with van der Waals surface area (Å²) in [6, 6.07) is 0.544. The summed E-state index contributed by atoms with van der Waals surface area (Å²) < 4.78 is 2.36. The minimum atomic E-state index is 0.544. The number of likely N-dealkylation sites (tertiary alicyclic amines) is 1. The predicted octanol–water partition coefficient (Wildman–Crippen LogP) is 3.54. The smallest absolute Gasteiger partial charge is 0.191 e. The highest BCUT2D eigenvalue weighted by Crippen LogP contribution is 2.25. The van der Waals surface area contributed by atoms with Crippen molar-refractivity contribution < 1.29 is 0 Å². The molecule has 3 aliphatic rings. The second-order valence-electron chi connectivity index (χ2n) is 10.1. The summed E-state index contributed by atoms with van der Waals surface area (Å²) in [6.45, 7) is 8.76. The van der Waals surface area contributed by atoms with Gasteiger partial charge < -0.3 is 20.1 Å². The normalized spacial score (nSPS) is 21.8. The van der Waals surface area contributed by atoms with Crippen molar-refractivity contribution in [1.29, 1.82) is 0 Å². The highest BCUT2D eigenvalue weighted by molar-refractivity contribution is 5.80. The van der Waals surface area contributed by atoms with Gasteiger partial charge in [-0.1, -0.05) is 25.7 Å². The Morgan fingerprint density at radius 2 is 1.78 bits per heavy atom. The molecule has 0 aromatic carbocycles. The second-order valence-corrected chi connectivity index (χ2v) is 10.1. The largest absolute Gasteiger partial charge is 0.357 e. The molecule has 1 saturated carbocycles. The Labute approximate surface area is 194 Å². The molecule has 180 valence electrons. The maximum absolute atomic E-state index is 4.87. The van der Waals surface area contributed by atoms with Crippen LogP contribution in [0.1, 0.15) is 89.2 Å². The average Bonchev–Trinajstić information content (AvgIpc) is 3.04. The molecule has 32 heavy (non-hydrogen) atoms. The summed E-state index contributed by atoms with van der Waals surface area (Å²) in [4.78, 5) is 7.58. The molecule has 1 aromatic rings. The van der Waals surface area contributed by atoms with E-state index in [9.17, 15) is 0 Å². The van der Waals surface area contributed by atoms with Gasteiger partial charge in [0, 0.05) is 58.2 Å². The van der Waals surface area contributed by atoms with E-state index in [1.807, 2.05) is 0 Å². The van der Waals surface area contributed by atoms with E-state index < -0.39 is 0 Å². The predicted molar refractivity (Wildman–Crippen MR) is 131 cm³/mol. The third kappa shape index (κ3) is 6.93. The minimum Gasteiger partial charge on any atom is -0.357 e. The average molecular weight is 444 g/mol. The van der Waals surface area contributed by atoms with Crippen molar-refractivity contribution in [3.63, 3.8) is 0 Å². The fraction of sp³-hybridized carbons (Fsp3) is 0.880. The lowest BCUT2D eigenvalue weighted by Gasteiger charge is -2.36. The van der Waals surface area contributed by atoms with E-state index in [-0.39, 0.29) is 0 Å². The number of guanidine groups is 1. The van der Waals surface area contributed by atoms with E-state index in [4.69, 9.17) is 4.99 Å². The summed E-state index contributed by atoms with van der Waals surface area (Å²) in [7, 11) is 0. The van der Waals surface area contributed by atoms with Crippen molar-refractivity contribution in [3.8, 4) is 0 Å². The van der Waals surface area contributed by atoms with Gasteiger partial charge in [-0.3, -0.25) is 4.99 Å². The molecule has 0 atom stereocenters. The number of hydrogen-bond donors (Lipinski definition) is 2. The summed E-state index contributed by atoms with van der Waals surface area (Å²) in [5, 5.41) is 16.1. The number of fused-ring (bicyclic) bond motifs is 1. The Balaban J connectivity index is 1.18. The van der Waals surface area contributed by atoms with E-state index in [2.05, 4.69) is 37.2 Å². The molecule has 7 nitrogen and oxygen atoms in total. The topological polar surface area (TPSA) is 70.4 Å². The molecule has 0 radical (unpaired) electrons. The molecule has 0 spiro atoms. The highest BCUT2D eigenvalue weighted by Gasteiger charge is 2.23. The van der Waals surface area contributed by atoms with Crippen LogP contribution in [0.3, 0.4) is 0 Å². The molecule has 2 aliphatic heterocycles.